The van der Waals surface area contributed by atoms with Crippen LogP contribution in [0.2, 0.25) is 0 Å². The molecule has 164 valence electrons. The number of phenols is 1. The first-order chi connectivity index (χ1) is 15.8. The van der Waals surface area contributed by atoms with Crippen LogP contribution < -0.4 is 0 Å². The molecule has 4 nitrogen and oxygen atoms in total. The minimum Gasteiger partial charge on any atom is -0.655 e. The first kappa shape index (κ1) is 22.4. The van der Waals surface area contributed by atoms with Crippen LogP contribution in [0.4, 0.5) is 11.4 Å². The number of fused-ring (bicyclic) bond motifs is 5. The summed E-state index contributed by atoms with van der Waals surface area (Å²) in [5, 5.41) is 18.4. The van der Waals surface area contributed by atoms with E-state index in [1.165, 1.54) is 5.39 Å². The van der Waals surface area contributed by atoms with Gasteiger partial charge in [0.2, 0.25) is 0 Å². The van der Waals surface area contributed by atoms with Gasteiger partial charge in [-0.2, -0.15) is 0 Å². The standard InChI is InChI=1S/C16H10N2.C12H10NO.Pt/c1-3-12-7-5-11-6-8-13-4-2-10-18-16(13)14(11)15(12)17-9-1;14-12-9-5-4-8-11(12)13-10-6-2-1-3-7-10;/h1-10H;1-9,14H;/q;-1;. The van der Waals surface area contributed by atoms with E-state index in [2.05, 4.69) is 51.7 Å². The van der Waals surface area contributed by atoms with Gasteiger partial charge in [-0.15, -0.1) is 5.69 Å². The van der Waals surface area contributed by atoms with E-state index in [4.69, 9.17) is 0 Å². The van der Waals surface area contributed by atoms with Gasteiger partial charge < -0.3 is 10.4 Å². The Kier molecular flexibility index (Phi) is 6.97. The summed E-state index contributed by atoms with van der Waals surface area (Å²) in [5.74, 6) is 0.205. The van der Waals surface area contributed by atoms with Crippen molar-refractivity contribution in [3.05, 3.63) is 121 Å². The smallest absolute Gasteiger partial charge is 0.100 e. The zero-order valence-corrected chi connectivity index (χ0v) is 19.8. The Hall–Kier alpha value is -3.75. The molecule has 0 amide bonds. The molecule has 5 heteroatoms. The SMILES string of the molecule is Oc1ccccc1[N-]c1ccccc1.[Pt].c1cnc2c(c1)ccc1ccc3cccnc3c12. The van der Waals surface area contributed by atoms with Gasteiger partial charge in [0.15, 0.2) is 0 Å². The molecule has 0 bridgehead atoms. The fourth-order valence-corrected chi connectivity index (χ4v) is 3.69. The zero-order chi connectivity index (χ0) is 21.8. The van der Waals surface area contributed by atoms with Gasteiger partial charge >= 0.3 is 0 Å². The summed E-state index contributed by atoms with van der Waals surface area (Å²) >= 11 is 0. The summed E-state index contributed by atoms with van der Waals surface area (Å²) in [6, 6.07) is 33.2. The van der Waals surface area contributed by atoms with Gasteiger partial charge in [0.05, 0.1) is 11.0 Å². The molecule has 0 aliphatic carbocycles. The van der Waals surface area contributed by atoms with Crippen molar-refractivity contribution in [1.29, 1.82) is 0 Å². The largest absolute Gasteiger partial charge is 0.655 e. The molecule has 0 radical (unpaired) electrons. The molecular formula is C28H20N3OPt-. The van der Waals surface area contributed by atoms with Gasteiger partial charge in [-0.05, 0) is 23.6 Å². The Balaban J connectivity index is 0.000000158. The fraction of sp³-hybridized carbons (Fsp3) is 0. The summed E-state index contributed by atoms with van der Waals surface area (Å²) in [7, 11) is 0. The molecule has 6 aromatic rings. The summed E-state index contributed by atoms with van der Waals surface area (Å²) in [6.07, 6.45) is 3.67. The van der Waals surface area contributed by atoms with Crippen LogP contribution in [0, 0.1) is 0 Å². The van der Waals surface area contributed by atoms with Crippen LogP contribution in [0.5, 0.6) is 5.75 Å². The Morgan fingerprint density at radius 3 is 1.70 bits per heavy atom. The maximum Gasteiger partial charge on any atom is 0.100 e. The second kappa shape index (κ2) is 10.2. The van der Waals surface area contributed by atoms with Crippen molar-refractivity contribution < 1.29 is 26.2 Å². The van der Waals surface area contributed by atoms with Crippen LogP contribution in [0.3, 0.4) is 0 Å². The first-order valence-corrected chi connectivity index (χ1v) is 10.4. The van der Waals surface area contributed by atoms with E-state index < -0.39 is 0 Å². The van der Waals surface area contributed by atoms with Crippen molar-refractivity contribution in [3.63, 3.8) is 0 Å². The van der Waals surface area contributed by atoms with Crippen LogP contribution in [-0.4, -0.2) is 15.1 Å². The maximum atomic E-state index is 9.48. The van der Waals surface area contributed by atoms with Crippen LogP contribution in [0.15, 0.2) is 116 Å². The maximum absolute atomic E-state index is 9.48. The fourth-order valence-electron chi connectivity index (χ4n) is 3.69. The monoisotopic (exact) mass is 609 g/mol. The first-order valence-electron chi connectivity index (χ1n) is 10.4. The molecule has 33 heavy (non-hydrogen) atoms. The van der Waals surface area contributed by atoms with Gasteiger partial charge in [0.25, 0.3) is 0 Å². The van der Waals surface area contributed by atoms with E-state index in [1.54, 1.807) is 18.2 Å². The number of aromatic hydroxyl groups is 1. The topological polar surface area (TPSA) is 60.1 Å². The molecule has 0 atom stereocenters. The van der Waals surface area contributed by atoms with E-state index in [1.807, 2.05) is 60.9 Å². The number of pyridine rings is 2. The number of phenolic OH excluding ortho intramolecular Hbond substituents is 1. The summed E-state index contributed by atoms with van der Waals surface area (Å²) in [5.41, 5.74) is 3.49. The number of hydrogen-bond donors (Lipinski definition) is 1. The third-order valence-corrected chi connectivity index (χ3v) is 5.21. The minimum absolute atomic E-state index is 0. The molecule has 2 heterocycles. The van der Waals surface area contributed by atoms with Crippen LogP contribution in [0.25, 0.3) is 37.9 Å². The quantitative estimate of drug-likeness (QED) is 0.205. The third-order valence-electron chi connectivity index (χ3n) is 5.21. The second-order valence-corrected chi connectivity index (χ2v) is 7.32. The average Bonchev–Trinajstić information content (AvgIpc) is 2.86. The Labute approximate surface area is 206 Å². The molecular weight excluding hydrogens is 589 g/mol. The Morgan fingerprint density at radius 1 is 0.545 bits per heavy atom. The molecule has 2 aromatic heterocycles. The molecule has 1 N–H and O–H groups in total. The average molecular weight is 610 g/mol. The second-order valence-electron chi connectivity index (χ2n) is 7.32. The molecule has 0 unspecified atom stereocenters. The van der Waals surface area contributed by atoms with Crippen molar-refractivity contribution in [2.24, 2.45) is 0 Å². The molecule has 6 rings (SSSR count). The van der Waals surface area contributed by atoms with Crippen LogP contribution in [-0.2, 0) is 21.1 Å². The number of hydrogen-bond acceptors (Lipinski definition) is 3. The Morgan fingerprint density at radius 2 is 1.09 bits per heavy atom. The molecule has 4 aromatic carbocycles. The van der Waals surface area contributed by atoms with Crippen molar-refractivity contribution in [1.82, 2.24) is 9.97 Å². The summed E-state index contributed by atoms with van der Waals surface area (Å²) in [6.45, 7) is 0. The van der Waals surface area contributed by atoms with Crippen molar-refractivity contribution in [2.45, 2.75) is 0 Å². The van der Waals surface area contributed by atoms with Crippen LogP contribution >= 0.6 is 0 Å². The molecule has 0 fully saturated rings. The van der Waals surface area contributed by atoms with E-state index in [0.29, 0.717) is 5.69 Å². The normalized spacial score (nSPS) is 10.3. The predicted octanol–water partition coefficient (Wildman–Crippen LogP) is 7.66. The number of nitrogens with zero attached hydrogens (tertiary/aromatic N) is 3. The van der Waals surface area contributed by atoms with Gasteiger partial charge in [-0.1, -0.05) is 90.6 Å². The Bertz CT molecular complexity index is 1450. The van der Waals surface area contributed by atoms with Gasteiger partial charge in [-0.3, -0.25) is 9.97 Å². The number of benzene rings is 4. The molecule has 0 spiro atoms. The van der Waals surface area contributed by atoms with Crippen LogP contribution in [0.1, 0.15) is 0 Å². The number of aromatic nitrogens is 2. The van der Waals surface area contributed by atoms with E-state index >= 15 is 0 Å². The molecule has 0 saturated carbocycles. The zero-order valence-electron chi connectivity index (χ0n) is 17.6. The third kappa shape index (κ3) is 4.87. The molecule has 0 aliphatic rings. The van der Waals surface area contributed by atoms with E-state index in [9.17, 15) is 5.11 Å². The van der Waals surface area contributed by atoms with Gasteiger partial charge in [0, 0.05) is 49.6 Å². The van der Waals surface area contributed by atoms with E-state index in [0.717, 1.165) is 32.9 Å². The number of para-hydroxylation sites is 3. The predicted molar refractivity (Wildman–Crippen MR) is 132 cm³/mol. The molecule has 0 aliphatic heterocycles. The minimum atomic E-state index is 0. The number of rotatable bonds is 2. The van der Waals surface area contributed by atoms with Crippen molar-refractivity contribution >= 4 is 44.0 Å². The van der Waals surface area contributed by atoms with Crippen molar-refractivity contribution in [2.75, 3.05) is 0 Å². The van der Waals surface area contributed by atoms with Gasteiger partial charge in [0.1, 0.15) is 5.75 Å². The summed E-state index contributed by atoms with van der Waals surface area (Å²) < 4.78 is 0. The van der Waals surface area contributed by atoms with E-state index in [-0.39, 0.29) is 26.8 Å². The van der Waals surface area contributed by atoms with Crippen molar-refractivity contribution in [3.8, 4) is 5.75 Å². The summed E-state index contributed by atoms with van der Waals surface area (Å²) in [4.78, 5) is 9.04. The molecule has 0 saturated heterocycles. The van der Waals surface area contributed by atoms with Gasteiger partial charge in [-0.25, -0.2) is 0 Å².